The molecule has 104 valence electrons. The maximum atomic E-state index is 11.3. The van der Waals surface area contributed by atoms with E-state index in [0.29, 0.717) is 13.1 Å². The Morgan fingerprint density at radius 3 is 2.17 bits per heavy atom. The first-order chi connectivity index (χ1) is 8.26. The van der Waals surface area contributed by atoms with Crippen LogP contribution >= 0.6 is 0 Å². The fraction of sp³-hybridized carbons (Fsp3) is 0.727. The molecule has 3 N–H and O–H groups in total. The van der Waals surface area contributed by atoms with Crippen molar-refractivity contribution in [3.63, 3.8) is 0 Å². The Morgan fingerprint density at radius 2 is 1.67 bits per heavy atom. The number of amides is 2. The van der Waals surface area contributed by atoms with Crippen LogP contribution in [0.2, 0.25) is 0 Å². The molecule has 0 aliphatic heterocycles. The SMILES string of the molecule is CNCCNC(=O)CNC(=O)C(=O)OC(C)(C)C. The van der Waals surface area contributed by atoms with Crippen molar-refractivity contribution in [2.75, 3.05) is 26.7 Å². The molecule has 0 aliphatic carbocycles. The smallest absolute Gasteiger partial charge is 0.397 e. The highest BCUT2D eigenvalue weighted by atomic mass is 16.6. The number of esters is 1. The van der Waals surface area contributed by atoms with Crippen LogP contribution in [-0.2, 0) is 19.1 Å². The predicted molar refractivity (Wildman–Crippen MR) is 65.8 cm³/mol. The molecule has 0 saturated carbocycles. The van der Waals surface area contributed by atoms with Crippen molar-refractivity contribution in [2.24, 2.45) is 0 Å². The van der Waals surface area contributed by atoms with E-state index in [4.69, 9.17) is 4.74 Å². The molecule has 0 spiro atoms. The Morgan fingerprint density at radius 1 is 1.06 bits per heavy atom. The molecule has 0 aromatic carbocycles. The van der Waals surface area contributed by atoms with Crippen molar-refractivity contribution in [2.45, 2.75) is 26.4 Å². The number of rotatable bonds is 5. The number of hydrogen-bond donors (Lipinski definition) is 3. The quantitative estimate of drug-likeness (QED) is 0.327. The summed E-state index contributed by atoms with van der Waals surface area (Å²) in [7, 11) is 1.76. The Kier molecular flexibility index (Phi) is 6.96. The van der Waals surface area contributed by atoms with Gasteiger partial charge in [0.15, 0.2) is 0 Å². The molecule has 0 radical (unpaired) electrons. The molecule has 0 unspecified atom stereocenters. The third-order valence-electron chi connectivity index (χ3n) is 1.69. The fourth-order valence-corrected chi connectivity index (χ4v) is 0.947. The topological polar surface area (TPSA) is 96.5 Å². The minimum atomic E-state index is -0.995. The van der Waals surface area contributed by atoms with Crippen LogP contribution in [0.15, 0.2) is 0 Å². The molecule has 0 aromatic heterocycles. The van der Waals surface area contributed by atoms with Crippen LogP contribution in [0.25, 0.3) is 0 Å². The van der Waals surface area contributed by atoms with Crippen molar-refractivity contribution < 1.29 is 19.1 Å². The lowest BCUT2D eigenvalue weighted by Gasteiger charge is -2.18. The van der Waals surface area contributed by atoms with Gasteiger partial charge < -0.3 is 20.7 Å². The minimum absolute atomic E-state index is 0.248. The fourth-order valence-electron chi connectivity index (χ4n) is 0.947. The standard InChI is InChI=1S/C11H21N3O4/c1-11(2,3)18-10(17)9(16)14-7-8(15)13-6-5-12-4/h12H,5-7H2,1-4H3,(H,13,15)(H,14,16). The summed E-state index contributed by atoms with van der Waals surface area (Å²) >= 11 is 0. The van der Waals surface area contributed by atoms with E-state index in [2.05, 4.69) is 16.0 Å². The molecule has 0 heterocycles. The van der Waals surface area contributed by atoms with E-state index in [1.54, 1.807) is 27.8 Å². The zero-order valence-electron chi connectivity index (χ0n) is 11.3. The van der Waals surface area contributed by atoms with E-state index >= 15 is 0 Å². The molecule has 2 amide bonds. The highest BCUT2D eigenvalue weighted by molar-refractivity contribution is 6.32. The van der Waals surface area contributed by atoms with Gasteiger partial charge in [0.1, 0.15) is 5.60 Å². The van der Waals surface area contributed by atoms with Crippen LogP contribution in [0.1, 0.15) is 20.8 Å². The Hall–Kier alpha value is -1.63. The van der Waals surface area contributed by atoms with Gasteiger partial charge in [-0.25, -0.2) is 4.79 Å². The molecule has 18 heavy (non-hydrogen) atoms. The third-order valence-corrected chi connectivity index (χ3v) is 1.69. The van der Waals surface area contributed by atoms with Crippen molar-refractivity contribution in [3.05, 3.63) is 0 Å². The summed E-state index contributed by atoms with van der Waals surface area (Å²) < 4.78 is 4.84. The van der Waals surface area contributed by atoms with Gasteiger partial charge in [-0.1, -0.05) is 0 Å². The normalized spacial score (nSPS) is 10.7. The zero-order chi connectivity index (χ0) is 14.2. The summed E-state index contributed by atoms with van der Waals surface area (Å²) in [6.07, 6.45) is 0. The van der Waals surface area contributed by atoms with Gasteiger partial charge in [0.2, 0.25) is 5.91 Å². The third kappa shape index (κ3) is 8.51. The second-order valence-electron chi connectivity index (χ2n) is 4.64. The molecule has 0 fully saturated rings. The molecular formula is C11H21N3O4. The van der Waals surface area contributed by atoms with Crippen LogP contribution in [0.5, 0.6) is 0 Å². The van der Waals surface area contributed by atoms with Gasteiger partial charge in [0, 0.05) is 13.1 Å². The summed E-state index contributed by atoms with van der Waals surface area (Å²) in [5.41, 5.74) is -0.733. The summed E-state index contributed by atoms with van der Waals surface area (Å²) in [5, 5.41) is 7.60. The van der Waals surface area contributed by atoms with Gasteiger partial charge in [-0.2, -0.15) is 0 Å². The highest BCUT2D eigenvalue weighted by Gasteiger charge is 2.22. The van der Waals surface area contributed by atoms with Crippen LogP contribution in [0.4, 0.5) is 0 Å². The second-order valence-corrected chi connectivity index (χ2v) is 4.64. The van der Waals surface area contributed by atoms with Crippen LogP contribution < -0.4 is 16.0 Å². The first-order valence-corrected chi connectivity index (χ1v) is 5.68. The maximum Gasteiger partial charge on any atom is 0.397 e. The molecular weight excluding hydrogens is 238 g/mol. The average molecular weight is 259 g/mol. The van der Waals surface area contributed by atoms with Crippen LogP contribution in [0.3, 0.4) is 0 Å². The number of carbonyl (C=O) groups is 3. The summed E-state index contributed by atoms with van der Waals surface area (Å²) in [4.78, 5) is 33.8. The average Bonchev–Trinajstić information content (AvgIpc) is 2.23. The van der Waals surface area contributed by atoms with Gasteiger partial charge in [-0.3, -0.25) is 9.59 Å². The van der Waals surface area contributed by atoms with E-state index in [1.807, 2.05) is 0 Å². The van der Waals surface area contributed by atoms with Gasteiger partial charge >= 0.3 is 11.9 Å². The van der Waals surface area contributed by atoms with Crippen molar-refractivity contribution in [1.29, 1.82) is 0 Å². The number of nitrogens with one attached hydrogen (secondary N) is 3. The molecule has 7 nitrogen and oxygen atoms in total. The molecule has 0 aliphatic rings. The van der Waals surface area contributed by atoms with Gasteiger partial charge in [-0.05, 0) is 27.8 Å². The zero-order valence-corrected chi connectivity index (χ0v) is 11.3. The van der Waals surface area contributed by atoms with Gasteiger partial charge in [-0.15, -0.1) is 0 Å². The minimum Gasteiger partial charge on any atom is -0.453 e. The first-order valence-electron chi connectivity index (χ1n) is 5.68. The Bertz CT molecular complexity index is 310. The Labute approximate surface area is 107 Å². The van der Waals surface area contributed by atoms with E-state index < -0.39 is 17.5 Å². The number of ether oxygens (including phenoxy) is 1. The molecule has 0 bridgehead atoms. The molecule has 7 heteroatoms. The van der Waals surface area contributed by atoms with Crippen molar-refractivity contribution >= 4 is 17.8 Å². The first kappa shape index (κ1) is 16.4. The summed E-state index contributed by atoms with van der Waals surface area (Å²) in [6.45, 7) is 5.80. The van der Waals surface area contributed by atoms with Crippen LogP contribution in [-0.4, -0.2) is 50.1 Å². The lowest BCUT2D eigenvalue weighted by molar-refractivity contribution is -0.163. The van der Waals surface area contributed by atoms with E-state index in [0.717, 1.165) is 0 Å². The molecule has 0 aromatic rings. The largest absolute Gasteiger partial charge is 0.453 e. The number of carbonyl (C=O) groups excluding carboxylic acids is 3. The Balaban J connectivity index is 3.89. The summed E-state index contributed by atoms with van der Waals surface area (Å²) in [6, 6.07) is 0. The van der Waals surface area contributed by atoms with Gasteiger partial charge in [0.05, 0.1) is 6.54 Å². The lowest BCUT2D eigenvalue weighted by atomic mass is 10.2. The monoisotopic (exact) mass is 259 g/mol. The van der Waals surface area contributed by atoms with E-state index in [9.17, 15) is 14.4 Å². The maximum absolute atomic E-state index is 11.3. The molecule has 0 saturated heterocycles. The van der Waals surface area contributed by atoms with E-state index in [1.165, 1.54) is 0 Å². The van der Waals surface area contributed by atoms with Crippen LogP contribution in [0, 0.1) is 0 Å². The molecule has 0 atom stereocenters. The van der Waals surface area contributed by atoms with Crippen molar-refractivity contribution in [1.82, 2.24) is 16.0 Å². The second kappa shape index (κ2) is 7.65. The van der Waals surface area contributed by atoms with E-state index in [-0.39, 0.29) is 12.5 Å². The van der Waals surface area contributed by atoms with Gasteiger partial charge in [0.25, 0.3) is 0 Å². The number of likely N-dealkylation sites (N-methyl/N-ethyl adjacent to an activating group) is 1. The highest BCUT2D eigenvalue weighted by Crippen LogP contribution is 2.06. The predicted octanol–water partition coefficient (Wildman–Crippen LogP) is -1.22. The molecule has 0 rings (SSSR count). The lowest BCUT2D eigenvalue weighted by Crippen LogP contribution is -2.43. The summed E-state index contributed by atoms with van der Waals surface area (Å²) in [5.74, 6) is -2.28. The van der Waals surface area contributed by atoms with Crippen molar-refractivity contribution in [3.8, 4) is 0 Å². The number of hydrogen-bond acceptors (Lipinski definition) is 5.